The SMILES string of the molecule is CCCCCNCc1cc([N+](=O)[O-])ccc1Cl. The zero-order chi connectivity index (χ0) is 12.7. The summed E-state index contributed by atoms with van der Waals surface area (Å²) in [5, 5.41) is 14.4. The number of benzene rings is 1. The van der Waals surface area contributed by atoms with Crippen molar-refractivity contribution in [1.82, 2.24) is 5.32 Å². The normalized spacial score (nSPS) is 10.5. The van der Waals surface area contributed by atoms with Crippen LogP contribution in [0.5, 0.6) is 0 Å². The van der Waals surface area contributed by atoms with Crippen molar-refractivity contribution in [2.24, 2.45) is 0 Å². The molecule has 0 saturated carbocycles. The van der Waals surface area contributed by atoms with Crippen molar-refractivity contribution in [1.29, 1.82) is 0 Å². The Labute approximate surface area is 106 Å². The number of hydrogen-bond donors (Lipinski definition) is 1. The molecule has 0 unspecified atom stereocenters. The van der Waals surface area contributed by atoms with E-state index in [1.54, 1.807) is 6.07 Å². The molecule has 4 nitrogen and oxygen atoms in total. The first kappa shape index (κ1) is 13.9. The minimum absolute atomic E-state index is 0.0831. The number of rotatable bonds is 7. The van der Waals surface area contributed by atoms with Crippen molar-refractivity contribution >= 4 is 17.3 Å². The molecule has 0 fully saturated rings. The van der Waals surface area contributed by atoms with Gasteiger partial charge < -0.3 is 5.32 Å². The third-order valence-corrected chi connectivity index (χ3v) is 2.88. The van der Waals surface area contributed by atoms with E-state index in [1.807, 2.05) is 0 Å². The van der Waals surface area contributed by atoms with Gasteiger partial charge in [-0.3, -0.25) is 10.1 Å². The Morgan fingerprint density at radius 3 is 2.82 bits per heavy atom. The van der Waals surface area contributed by atoms with E-state index in [2.05, 4.69) is 12.2 Å². The fourth-order valence-corrected chi connectivity index (χ4v) is 1.72. The quantitative estimate of drug-likeness (QED) is 0.461. The predicted octanol–water partition coefficient (Wildman–Crippen LogP) is 3.53. The Bertz CT molecular complexity index is 383. The van der Waals surface area contributed by atoms with E-state index in [1.165, 1.54) is 25.0 Å². The van der Waals surface area contributed by atoms with Crippen LogP contribution in [0.1, 0.15) is 31.7 Å². The van der Waals surface area contributed by atoms with Gasteiger partial charge in [0.15, 0.2) is 0 Å². The lowest BCUT2D eigenvalue weighted by Crippen LogP contribution is -2.15. The lowest BCUT2D eigenvalue weighted by molar-refractivity contribution is -0.384. The highest BCUT2D eigenvalue weighted by atomic mass is 35.5. The number of halogens is 1. The third-order valence-electron chi connectivity index (χ3n) is 2.51. The first-order chi connectivity index (χ1) is 8.15. The summed E-state index contributed by atoms with van der Waals surface area (Å²) in [7, 11) is 0. The molecule has 17 heavy (non-hydrogen) atoms. The van der Waals surface area contributed by atoms with Gasteiger partial charge in [-0.05, 0) is 24.6 Å². The second kappa shape index (κ2) is 7.25. The third kappa shape index (κ3) is 4.71. The molecule has 0 bridgehead atoms. The molecule has 0 heterocycles. The molecule has 5 heteroatoms. The maximum absolute atomic E-state index is 10.6. The largest absolute Gasteiger partial charge is 0.313 e. The maximum atomic E-state index is 10.6. The van der Waals surface area contributed by atoms with Crippen LogP contribution in [0.2, 0.25) is 5.02 Å². The molecule has 0 saturated heterocycles. The molecule has 0 radical (unpaired) electrons. The lowest BCUT2D eigenvalue weighted by atomic mass is 10.2. The van der Waals surface area contributed by atoms with Crippen molar-refractivity contribution < 1.29 is 4.92 Å². The average Bonchev–Trinajstić information content (AvgIpc) is 2.30. The Kier molecular flexibility index (Phi) is 5.94. The Balaban J connectivity index is 2.51. The summed E-state index contributed by atoms with van der Waals surface area (Å²) in [6, 6.07) is 4.51. The summed E-state index contributed by atoms with van der Waals surface area (Å²) < 4.78 is 0. The number of nitro groups is 1. The number of nitrogens with zero attached hydrogens (tertiary/aromatic N) is 1. The molecule has 1 aromatic rings. The average molecular weight is 257 g/mol. The van der Waals surface area contributed by atoms with Gasteiger partial charge in [-0.1, -0.05) is 31.4 Å². The molecule has 94 valence electrons. The van der Waals surface area contributed by atoms with E-state index < -0.39 is 4.92 Å². The van der Waals surface area contributed by atoms with E-state index in [0.29, 0.717) is 11.6 Å². The van der Waals surface area contributed by atoms with Gasteiger partial charge in [0.1, 0.15) is 0 Å². The van der Waals surface area contributed by atoms with Crippen LogP contribution in [0.15, 0.2) is 18.2 Å². The molecule has 1 N–H and O–H groups in total. The minimum Gasteiger partial charge on any atom is -0.313 e. The molecule has 0 aliphatic rings. The van der Waals surface area contributed by atoms with Crippen molar-refractivity contribution in [3.8, 4) is 0 Å². The van der Waals surface area contributed by atoms with E-state index in [4.69, 9.17) is 11.6 Å². The summed E-state index contributed by atoms with van der Waals surface area (Å²) in [5.41, 5.74) is 0.858. The molecular formula is C12H17ClN2O2. The van der Waals surface area contributed by atoms with Crippen molar-refractivity contribution in [3.63, 3.8) is 0 Å². The van der Waals surface area contributed by atoms with Gasteiger partial charge in [-0.2, -0.15) is 0 Å². The second-order valence-corrected chi connectivity index (χ2v) is 4.32. The summed E-state index contributed by atoms with van der Waals surface area (Å²) in [5.74, 6) is 0. The Morgan fingerprint density at radius 2 is 2.18 bits per heavy atom. The van der Waals surface area contributed by atoms with Crippen LogP contribution in [-0.2, 0) is 6.54 Å². The van der Waals surface area contributed by atoms with Crippen LogP contribution < -0.4 is 5.32 Å². The van der Waals surface area contributed by atoms with Crippen LogP contribution in [0.3, 0.4) is 0 Å². The monoisotopic (exact) mass is 256 g/mol. The first-order valence-corrected chi connectivity index (χ1v) is 6.16. The molecule has 0 aliphatic carbocycles. The highest BCUT2D eigenvalue weighted by Gasteiger charge is 2.08. The van der Waals surface area contributed by atoms with E-state index in [-0.39, 0.29) is 5.69 Å². The molecule has 1 aromatic carbocycles. The highest BCUT2D eigenvalue weighted by Crippen LogP contribution is 2.21. The Hall–Kier alpha value is -1.13. The fourth-order valence-electron chi connectivity index (χ4n) is 1.53. The summed E-state index contributed by atoms with van der Waals surface area (Å²) in [6.45, 7) is 3.63. The number of nitrogens with one attached hydrogen (secondary N) is 1. The van der Waals surface area contributed by atoms with E-state index in [0.717, 1.165) is 18.5 Å². The molecular weight excluding hydrogens is 240 g/mol. The zero-order valence-electron chi connectivity index (χ0n) is 9.91. The van der Waals surface area contributed by atoms with Gasteiger partial charge in [0.05, 0.1) is 4.92 Å². The summed E-state index contributed by atoms with van der Waals surface area (Å²) >= 11 is 5.98. The van der Waals surface area contributed by atoms with Gasteiger partial charge in [0.25, 0.3) is 5.69 Å². The minimum atomic E-state index is -0.406. The molecule has 0 spiro atoms. The number of nitro benzene ring substituents is 1. The number of hydrogen-bond acceptors (Lipinski definition) is 3. The Morgan fingerprint density at radius 1 is 1.41 bits per heavy atom. The smallest absolute Gasteiger partial charge is 0.269 e. The van der Waals surface area contributed by atoms with Gasteiger partial charge >= 0.3 is 0 Å². The number of unbranched alkanes of at least 4 members (excludes halogenated alkanes) is 2. The molecule has 1 rings (SSSR count). The molecule has 0 amide bonds. The number of non-ortho nitro benzene ring substituents is 1. The maximum Gasteiger partial charge on any atom is 0.269 e. The van der Waals surface area contributed by atoms with Crippen molar-refractivity contribution in [3.05, 3.63) is 38.9 Å². The van der Waals surface area contributed by atoms with Gasteiger partial charge in [-0.15, -0.1) is 0 Å². The molecule has 0 aliphatic heterocycles. The van der Waals surface area contributed by atoms with Crippen LogP contribution in [0, 0.1) is 10.1 Å². The highest BCUT2D eigenvalue weighted by molar-refractivity contribution is 6.31. The predicted molar refractivity (Wildman–Crippen MR) is 69.3 cm³/mol. The van der Waals surface area contributed by atoms with Crippen LogP contribution in [0.25, 0.3) is 0 Å². The first-order valence-electron chi connectivity index (χ1n) is 5.78. The zero-order valence-corrected chi connectivity index (χ0v) is 10.7. The van der Waals surface area contributed by atoms with E-state index in [9.17, 15) is 10.1 Å². The summed E-state index contributed by atoms with van der Waals surface area (Å²) in [4.78, 5) is 10.2. The molecule has 0 atom stereocenters. The standard InChI is InChI=1S/C12H17ClN2O2/c1-2-3-4-7-14-9-10-8-11(15(16)17)5-6-12(10)13/h5-6,8,14H,2-4,7,9H2,1H3. The van der Waals surface area contributed by atoms with Crippen LogP contribution >= 0.6 is 11.6 Å². The van der Waals surface area contributed by atoms with Gasteiger partial charge in [-0.25, -0.2) is 0 Å². The van der Waals surface area contributed by atoms with E-state index >= 15 is 0 Å². The topological polar surface area (TPSA) is 55.2 Å². The molecule has 0 aromatic heterocycles. The fraction of sp³-hybridized carbons (Fsp3) is 0.500. The van der Waals surface area contributed by atoms with Crippen molar-refractivity contribution in [2.75, 3.05) is 6.54 Å². The second-order valence-electron chi connectivity index (χ2n) is 3.92. The van der Waals surface area contributed by atoms with Crippen LogP contribution in [0.4, 0.5) is 5.69 Å². The van der Waals surface area contributed by atoms with Crippen LogP contribution in [-0.4, -0.2) is 11.5 Å². The summed E-state index contributed by atoms with van der Waals surface area (Å²) in [6.07, 6.45) is 3.48. The lowest BCUT2D eigenvalue weighted by Gasteiger charge is -2.06. The van der Waals surface area contributed by atoms with Gasteiger partial charge in [0.2, 0.25) is 0 Å². The van der Waals surface area contributed by atoms with Gasteiger partial charge in [0, 0.05) is 23.7 Å². The van der Waals surface area contributed by atoms with Crippen molar-refractivity contribution in [2.45, 2.75) is 32.7 Å².